The average molecular weight is 253 g/mol. The van der Waals surface area contributed by atoms with E-state index < -0.39 is 6.10 Å². The van der Waals surface area contributed by atoms with E-state index in [1.807, 2.05) is 12.1 Å². The van der Waals surface area contributed by atoms with Crippen molar-refractivity contribution in [2.75, 3.05) is 0 Å². The molecule has 1 N–H and O–H groups in total. The Bertz CT molecular complexity index is 688. The zero-order valence-electron chi connectivity index (χ0n) is 10.7. The Kier molecular flexibility index (Phi) is 3.01. The number of fused-ring (bicyclic) bond motifs is 1. The molecule has 0 spiro atoms. The van der Waals surface area contributed by atoms with Crippen molar-refractivity contribution in [2.45, 2.75) is 19.4 Å². The van der Waals surface area contributed by atoms with Gasteiger partial charge in [-0.25, -0.2) is 4.52 Å². The highest BCUT2D eigenvalue weighted by atomic mass is 16.3. The number of rotatable bonds is 3. The zero-order valence-corrected chi connectivity index (χ0v) is 10.7. The van der Waals surface area contributed by atoms with Gasteiger partial charge in [-0.05, 0) is 12.5 Å². The van der Waals surface area contributed by atoms with Crippen molar-refractivity contribution in [1.82, 2.24) is 14.6 Å². The van der Waals surface area contributed by atoms with Crippen LogP contribution in [0.25, 0.3) is 5.52 Å². The van der Waals surface area contributed by atoms with Crippen LogP contribution in [-0.4, -0.2) is 19.7 Å². The molecule has 0 saturated heterocycles. The maximum Gasteiger partial charge on any atom is 0.0903 e. The van der Waals surface area contributed by atoms with Crippen molar-refractivity contribution in [3.8, 4) is 0 Å². The molecule has 19 heavy (non-hydrogen) atoms. The number of benzene rings is 1. The van der Waals surface area contributed by atoms with E-state index in [1.165, 1.54) is 5.56 Å². The molecule has 3 aromatic rings. The van der Waals surface area contributed by atoms with E-state index in [0.717, 1.165) is 16.6 Å². The molecule has 0 amide bonds. The van der Waals surface area contributed by atoms with E-state index in [9.17, 15) is 5.11 Å². The third-order valence-corrected chi connectivity index (χ3v) is 3.26. The van der Waals surface area contributed by atoms with Crippen LogP contribution in [0.4, 0.5) is 0 Å². The molecule has 0 radical (unpaired) electrons. The molecule has 0 fully saturated rings. The van der Waals surface area contributed by atoms with Crippen LogP contribution in [0.3, 0.4) is 0 Å². The van der Waals surface area contributed by atoms with Gasteiger partial charge in [-0.1, -0.05) is 29.8 Å². The highest BCUT2D eigenvalue weighted by Crippen LogP contribution is 2.22. The molecule has 2 heterocycles. The van der Waals surface area contributed by atoms with Crippen LogP contribution < -0.4 is 0 Å². The van der Waals surface area contributed by atoms with Gasteiger partial charge in [0.05, 0.1) is 24.0 Å². The molecule has 1 aromatic carbocycles. The van der Waals surface area contributed by atoms with Gasteiger partial charge in [0, 0.05) is 24.4 Å². The summed E-state index contributed by atoms with van der Waals surface area (Å²) in [4.78, 5) is 4.07. The lowest BCUT2D eigenvalue weighted by Crippen LogP contribution is -2.01. The molecule has 2 aromatic heterocycles. The summed E-state index contributed by atoms with van der Waals surface area (Å²) in [7, 11) is 0. The van der Waals surface area contributed by atoms with E-state index in [-0.39, 0.29) is 0 Å². The summed E-state index contributed by atoms with van der Waals surface area (Å²) in [5.74, 6) is 0. The van der Waals surface area contributed by atoms with E-state index in [0.29, 0.717) is 6.42 Å². The molecule has 4 heteroatoms. The van der Waals surface area contributed by atoms with Gasteiger partial charge in [-0.2, -0.15) is 5.10 Å². The van der Waals surface area contributed by atoms with Gasteiger partial charge in [0.25, 0.3) is 0 Å². The molecule has 0 aliphatic rings. The Labute approximate surface area is 111 Å². The van der Waals surface area contributed by atoms with Gasteiger partial charge in [-0.15, -0.1) is 0 Å². The monoisotopic (exact) mass is 253 g/mol. The van der Waals surface area contributed by atoms with Gasteiger partial charge in [-0.3, -0.25) is 4.98 Å². The maximum absolute atomic E-state index is 10.3. The summed E-state index contributed by atoms with van der Waals surface area (Å²) in [5.41, 5.74) is 4.00. The molecule has 0 saturated carbocycles. The van der Waals surface area contributed by atoms with Crippen LogP contribution in [0.2, 0.25) is 0 Å². The Hall–Kier alpha value is -2.20. The lowest BCUT2D eigenvalue weighted by Gasteiger charge is -2.09. The summed E-state index contributed by atoms with van der Waals surface area (Å²) in [5, 5.41) is 14.6. The standard InChI is InChI=1S/C15H15N3O/c1-11-2-4-12(5-3-11)8-15(19)13-9-17-18-7-6-16-10-14(13)18/h2-7,9-10,15,19H,8H2,1H3. The normalized spacial score (nSPS) is 12.7. The Morgan fingerprint density at radius 2 is 2.00 bits per heavy atom. The first kappa shape index (κ1) is 11.9. The Morgan fingerprint density at radius 3 is 2.79 bits per heavy atom. The molecule has 1 atom stereocenters. The topological polar surface area (TPSA) is 50.4 Å². The Balaban J connectivity index is 1.87. The van der Waals surface area contributed by atoms with Gasteiger partial charge in [0.2, 0.25) is 0 Å². The second-order valence-electron chi connectivity index (χ2n) is 4.71. The lowest BCUT2D eigenvalue weighted by molar-refractivity contribution is 0.180. The molecule has 0 bridgehead atoms. The number of hydrogen-bond acceptors (Lipinski definition) is 3. The van der Waals surface area contributed by atoms with Crippen molar-refractivity contribution in [3.05, 3.63) is 65.7 Å². The SMILES string of the molecule is Cc1ccc(CC(O)c2cnn3ccncc23)cc1. The van der Waals surface area contributed by atoms with Crippen molar-refractivity contribution < 1.29 is 5.11 Å². The highest BCUT2D eigenvalue weighted by Gasteiger charge is 2.14. The first-order valence-corrected chi connectivity index (χ1v) is 6.25. The molecule has 96 valence electrons. The molecule has 0 aliphatic heterocycles. The average Bonchev–Trinajstić information content (AvgIpc) is 2.85. The fraction of sp³-hybridized carbons (Fsp3) is 0.200. The number of aliphatic hydroxyl groups excluding tert-OH is 1. The number of aromatic nitrogens is 3. The number of aliphatic hydroxyl groups is 1. The summed E-state index contributed by atoms with van der Waals surface area (Å²) in [6, 6.07) is 8.20. The molecular weight excluding hydrogens is 238 g/mol. The quantitative estimate of drug-likeness (QED) is 0.779. The van der Waals surface area contributed by atoms with Gasteiger partial charge < -0.3 is 5.11 Å². The fourth-order valence-corrected chi connectivity index (χ4v) is 2.17. The first-order chi connectivity index (χ1) is 9.24. The van der Waals surface area contributed by atoms with Gasteiger partial charge >= 0.3 is 0 Å². The number of hydrogen-bond donors (Lipinski definition) is 1. The second kappa shape index (κ2) is 4.82. The predicted molar refractivity (Wildman–Crippen MR) is 72.8 cm³/mol. The van der Waals surface area contributed by atoms with Crippen molar-refractivity contribution in [1.29, 1.82) is 0 Å². The molecular formula is C15H15N3O. The van der Waals surface area contributed by atoms with Crippen LogP contribution >= 0.6 is 0 Å². The van der Waals surface area contributed by atoms with Crippen LogP contribution in [0.15, 0.2) is 49.1 Å². The minimum absolute atomic E-state index is 0.565. The third-order valence-electron chi connectivity index (χ3n) is 3.26. The molecule has 4 nitrogen and oxygen atoms in total. The minimum atomic E-state index is -0.565. The molecule has 0 aliphatic carbocycles. The number of nitrogens with zero attached hydrogens (tertiary/aromatic N) is 3. The van der Waals surface area contributed by atoms with Gasteiger partial charge in [0.15, 0.2) is 0 Å². The molecule has 3 rings (SSSR count). The van der Waals surface area contributed by atoms with E-state index in [2.05, 4.69) is 29.1 Å². The third kappa shape index (κ3) is 2.35. The fourth-order valence-electron chi connectivity index (χ4n) is 2.17. The maximum atomic E-state index is 10.3. The van der Waals surface area contributed by atoms with Crippen LogP contribution in [-0.2, 0) is 6.42 Å². The lowest BCUT2D eigenvalue weighted by atomic mass is 10.0. The number of aryl methyl sites for hydroxylation is 1. The van der Waals surface area contributed by atoms with Crippen LogP contribution in [0.5, 0.6) is 0 Å². The highest BCUT2D eigenvalue weighted by molar-refractivity contribution is 5.52. The van der Waals surface area contributed by atoms with Crippen LogP contribution in [0.1, 0.15) is 22.8 Å². The summed E-state index contributed by atoms with van der Waals surface area (Å²) in [6.45, 7) is 2.05. The molecule has 1 unspecified atom stereocenters. The zero-order chi connectivity index (χ0) is 13.2. The van der Waals surface area contributed by atoms with E-state index in [4.69, 9.17) is 0 Å². The minimum Gasteiger partial charge on any atom is -0.388 e. The second-order valence-corrected chi connectivity index (χ2v) is 4.71. The van der Waals surface area contributed by atoms with Crippen molar-refractivity contribution in [3.63, 3.8) is 0 Å². The largest absolute Gasteiger partial charge is 0.388 e. The van der Waals surface area contributed by atoms with Crippen molar-refractivity contribution >= 4 is 5.52 Å². The van der Waals surface area contributed by atoms with E-state index >= 15 is 0 Å². The predicted octanol–water partition coefficient (Wildman–Crippen LogP) is 2.31. The summed E-state index contributed by atoms with van der Waals surface area (Å²) < 4.78 is 1.72. The van der Waals surface area contributed by atoms with Crippen LogP contribution in [0, 0.1) is 6.92 Å². The smallest absolute Gasteiger partial charge is 0.0903 e. The van der Waals surface area contributed by atoms with Gasteiger partial charge in [0.1, 0.15) is 0 Å². The van der Waals surface area contributed by atoms with E-state index in [1.54, 1.807) is 29.3 Å². The first-order valence-electron chi connectivity index (χ1n) is 6.25. The van der Waals surface area contributed by atoms with Crippen molar-refractivity contribution in [2.24, 2.45) is 0 Å². The summed E-state index contributed by atoms with van der Waals surface area (Å²) in [6.07, 6.45) is 6.89. The Morgan fingerprint density at radius 1 is 1.21 bits per heavy atom. The summed E-state index contributed by atoms with van der Waals surface area (Å²) >= 11 is 0.